The van der Waals surface area contributed by atoms with Crippen molar-refractivity contribution in [1.29, 1.82) is 0 Å². The van der Waals surface area contributed by atoms with Gasteiger partial charge in [0.1, 0.15) is 12.7 Å². The minimum absolute atomic E-state index is 0.0673. The van der Waals surface area contributed by atoms with Crippen LogP contribution >= 0.6 is 7.82 Å². The largest absolute Gasteiger partial charge is 0.472 e. The molecule has 0 aliphatic rings. The van der Waals surface area contributed by atoms with Crippen LogP contribution in [0.15, 0.2) is 146 Å². The van der Waals surface area contributed by atoms with Gasteiger partial charge >= 0.3 is 25.7 Å². The third-order valence-corrected chi connectivity index (χ3v) is 12.7. The van der Waals surface area contributed by atoms with E-state index in [1.54, 1.807) is 6.08 Å². The van der Waals surface area contributed by atoms with Gasteiger partial charge in [0.15, 0.2) is 6.10 Å². The molecule has 0 aromatic rings. The summed E-state index contributed by atoms with van der Waals surface area (Å²) in [6.07, 6.45) is 75.6. The van der Waals surface area contributed by atoms with Crippen LogP contribution in [0, 0.1) is 0 Å². The van der Waals surface area contributed by atoms with E-state index in [-0.39, 0.29) is 25.9 Å². The van der Waals surface area contributed by atoms with Gasteiger partial charge in [0.25, 0.3) is 0 Å². The first-order valence-electron chi connectivity index (χ1n) is 29.7. The van der Waals surface area contributed by atoms with Gasteiger partial charge < -0.3 is 24.2 Å². The van der Waals surface area contributed by atoms with E-state index in [2.05, 4.69) is 130 Å². The highest BCUT2D eigenvalue weighted by atomic mass is 31.2. The summed E-state index contributed by atoms with van der Waals surface area (Å²) in [4.78, 5) is 48.5. The zero-order chi connectivity index (χ0) is 56.9. The predicted molar refractivity (Wildman–Crippen MR) is 325 cm³/mol. The van der Waals surface area contributed by atoms with Crippen molar-refractivity contribution >= 4 is 25.7 Å². The smallest absolute Gasteiger partial charge is 0.462 e. The maximum absolute atomic E-state index is 12.9. The number of rotatable bonds is 53. The van der Waals surface area contributed by atoms with Crippen LogP contribution in [0.4, 0.5) is 0 Å². The summed E-state index contributed by atoms with van der Waals surface area (Å²) in [6.45, 7) is 4.20. The lowest BCUT2D eigenvalue weighted by Crippen LogP contribution is -2.30. The van der Waals surface area contributed by atoms with Crippen LogP contribution in [0.2, 0.25) is 0 Å². The van der Waals surface area contributed by atoms with E-state index in [0.717, 1.165) is 89.9 Å². The second-order valence-corrected chi connectivity index (χ2v) is 20.5. The van der Waals surface area contributed by atoms with Gasteiger partial charge in [-0.25, -0.2) is 4.57 Å². The number of hydrogen-bond donors (Lipinski definition) is 2. The van der Waals surface area contributed by atoms with Crippen molar-refractivity contribution in [3.05, 3.63) is 146 Å². The molecule has 3 unspecified atom stereocenters. The van der Waals surface area contributed by atoms with E-state index < -0.39 is 57.8 Å². The molecule has 0 aromatic carbocycles. The second-order valence-electron chi connectivity index (χ2n) is 19.1. The molecule has 12 heteroatoms. The topological polar surface area (TPSA) is 155 Å². The van der Waals surface area contributed by atoms with E-state index in [1.807, 2.05) is 30.4 Å². The summed E-state index contributed by atoms with van der Waals surface area (Å²) in [6, 6.07) is 0. The number of aliphatic hydroxyl groups is 1. The van der Waals surface area contributed by atoms with Gasteiger partial charge in [-0.2, -0.15) is 0 Å². The molecule has 0 spiro atoms. The molecule has 0 bridgehead atoms. The number of carbonyl (C=O) groups excluding carboxylic acids is 3. The molecule has 2 N–H and O–H groups in total. The highest BCUT2D eigenvalue weighted by Crippen LogP contribution is 2.43. The van der Waals surface area contributed by atoms with Crippen LogP contribution in [0.25, 0.3) is 0 Å². The van der Waals surface area contributed by atoms with Gasteiger partial charge in [-0.3, -0.25) is 23.4 Å². The Kier molecular flexibility index (Phi) is 55.0. The minimum atomic E-state index is -4.80. The van der Waals surface area contributed by atoms with Gasteiger partial charge in [-0.05, 0) is 116 Å². The Balaban J connectivity index is 4.90. The molecular weight excluding hydrogens is 1000 g/mol. The van der Waals surface area contributed by atoms with E-state index in [9.17, 15) is 28.9 Å². The SMILES string of the molecule is CC/C=C\C/C=C\C/C=C\C/C=C\C/C=C\CCCC(=O)OC(COC(=O)CCCCCCCCCCC/C=C\C/C=C\CCCCC)COP(=O)(O)OCC(CO)OC(=O)C/C=C\C/C=C\C/C=C\C/C=C\C/C=C\CC. The predicted octanol–water partition coefficient (Wildman–Crippen LogP) is 17.9. The second kappa shape index (κ2) is 58.5. The Labute approximate surface area is 473 Å². The van der Waals surface area contributed by atoms with E-state index in [1.165, 1.54) is 57.8 Å². The number of phosphoric ester groups is 1. The monoisotopic (exact) mass is 1100 g/mol. The molecular formula is C66H105O11P. The molecule has 3 atom stereocenters. The van der Waals surface area contributed by atoms with Crippen LogP contribution in [0.5, 0.6) is 0 Å². The fourth-order valence-corrected chi connectivity index (χ4v) is 8.10. The summed E-state index contributed by atoms with van der Waals surface area (Å²) < 4.78 is 39.4. The first-order chi connectivity index (χ1) is 38.2. The van der Waals surface area contributed by atoms with Crippen molar-refractivity contribution in [3.63, 3.8) is 0 Å². The summed E-state index contributed by atoms with van der Waals surface area (Å²) in [5, 5.41) is 9.80. The summed E-state index contributed by atoms with van der Waals surface area (Å²) in [5.74, 6) is -1.69. The summed E-state index contributed by atoms with van der Waals surface area (Å²) in [5.41, 5.74) is 0. The van der Waals surface area contributed by atoms with Crippen molar-refractivity contribution in [3.8, 4) is 0 Å². The molecule has 0 aromatic heterocycles. The first-order valence-corrected chi connectivity index (χ1v) is 31.2. The molecule has 78 heavy (non-hydrogen) atoms. The molecule has 0 radical (unpaired) electrons. The zero-order valence-electron chi connectivity index (χ0n) is 48.6. The number of ether oxygens (including phenoxy) is 3. The molecule has 0 rings (SSSR count). The molecule has 11 nitrogen and oxygen atoms in total. The van der Waals surface area contributed by atoms with Gasteiger partial charge in [-0.1, -0.05) is 224 Å². The number of allylic oxidation sites excluding steroid dienone is 23. The van der Waals surface area contributed by atoms with Crippen molar-refractivity contribution in [2.75, 3.05) is 26.4 Å². The molecule has 440 valence electrons. The Bertz CT molecular complexity index is 1860. The molecule has 0 heterocycles. The fourth-order valence-electron chi connectivity index (χ4n) is 7.32. The Hall–Kier alpha value is -4.64. The molecule has 0 amide bonds. The quantitative estimate of drug-likeness (QED) is 0.0197. The fraction of sp³-hybridized carbons (Fsp3) is 0.591. The molecule has 0 aliphatic heterocycles. The number of phosphoric acid groups is 1. The third-order valence-electron chi connectivity index (χ3n) is 11.8. The van der Waals surface area contributed by atoms with Gasteiger partial charge in [-0.15, -0.1) is 0 Å². The minimum Gasteiger partial charge on any atom is -0.462 e. The van der Waals surface area contributed by atoms with Crippen LogP contribution in [-0.2, 0) is 42.2 Å². The number of esters is 3. The van der Waals surface area contributed by atoms with E-state index in [4.69, 9.17) is 23.3 Å². The van der Waals surface area contributed by atoms with Gasteiger partial charge in [0, 0.05) is 12.8 Å². The number of unbranched alkanes of at least 4 members (excludes halogenated alkanes) is 13. The highest BCUT2D eigenvalue weighted by Gasteiger charge is 2.28. The Morgan fingerprint density at radius 1 is 0.385 bits per heavy atom. The maximum Gasteiger partial charge on any atom is 0.472 e. The van der Waals surface area contributed by atoms with Crippen molar-refractivity contribution in [2.45, 2.75) is 226 Å². The van der Waals surface area contributed by atoms with Crippen LogP contribution in [0.1, 0.15) is 213 Å². The van der Waals surface area contributed by atoms with Crippen molar-refractivity contribution < 1.29 is 52.2 Å². The van der Waals surface area contributed by atoms with Gasteiger partial charge in [0.2, 0.25) is 0 Å². The average molecular weight is 1110 g/mol. The standard InChI is InChI=1S/C66H105O11P/c1-4-7-10-13-16-19-22-25-28-30-31-33-35-37-40-43-46-49-52-55-64(68)73-59-63(77-66(70)57-54-51-48-45-42-39-36-32-29-26-23-20-17-14-11-8-5-2)61-75-78(71,72)74-60-62(58-67)76-65(69)56-53-50-47-44-41-38-34-27-24-21-18-15-12-9-6-3/h8-9,11-12,16-21,25-29,34,36,39,41,44-45,48,50,53,62-63,67H,4-7,10,13-15,22-24,30-33,35,37-38,40,42-43,46-47,49,51-52,54-61H2,1-3H3,(H,71,72)/b11-8-,12-9-,19-16-,20-17-,21-18-,28-25-,29-26-,34-27-,39-36-,44-41-,48-45-,53-50-. The van der Waals surface area contributed by atoms with Crippen LogP contribution < -0.4 is 0 Å². The normalized spacial score (nSPS) is 14.4. The number of aliphatic hydroxyl groups excluding tert-OH is 1. The lowest BCUT2D eigenvalue weighted by Gasteiger charge is -2.21. The first kappa shape index (κ1) is 73.4. The lowest BCUT2D eigenvalue weighted by molar-refractivity contribution is -0.161. The van der Waals surface area contributed by atoms with Gasteiger partial charge in [0.05, 0.1) is 26.2 Å². The van der Waals surface area contributed by atoms with Crippen molar-refractivity contribution in [2.24, 2.45) is 0 Å². The van der Waals surface area contributed by atoms with E-state index in [0.29, 0.717) is 25.7 Å². The Morgan fingerprint density at radius 2 is 0.731 bits per heavy atom. The lowest BCUT2D eigenvalue weighted by atomic mass is 10.1. The molecule has 0 saturated carbocycles. The molecule has 0 saturated heterocycles. The maximum atomic E-state index is 12.9. The summed E-state index contributed by atoms with van der Waals surface area (Å²) >= 11 is 0. The highest BCUT2D eigenvalue weighted by molar-refractivity contribution is 7.47. The molecule has 0 aliphatic carbocycles. The number of hydrogen-bond acceptors (Lipinski definition) is 10. The number of carbonyl (C=O) groups is 3. The van der Waals surface area contributed by atoms with Crippen LogP contribution in [0.3, 0.4) is 0 Å². The third kappa shape index (κ3) is 56.1. The average Bonchev–Trinajstić information content (AvgIpc) is 3.43. The van der Waals surface area contributed by atoms with Crippen LogP contribution in [-0.4, -0.2) is 66.5 Å². The van der Waals surface area contributed by atoms with Crippen molar-refractivity contribution in [1.82, 2.24) is 0 Å². The summed E-state index contributed by atoms with van der Waals surface area (Å²) in [7, 11) is -4.80. The van der Waals surface area contributed by atoms with E-state index >= 15 is 0 Å². The Morgan fingerprint density at radius 3 is 1.17 bits per heavy atom. The zero-order valence-corrected chi connectivity index (χ0v) is 49.5. The molecule has 0 fully saturated rings.